The van der Waals surface area contributed by atoms with Gasteiger partial charge in [0, 0.05) is 11.1 Å². The Morgan fingerprint density at radius 2 is 1.70 bits per heavy atom. The van der Waals surface area contributed by atoms with Crippen LogP contribution in [0.15, 0.2) is 58.8 Å². The molecule has 0 radical (unpaired) electrons. The molecule has 0 heterocycles. The lowest BCUT2D eigenvalue weighted by Gasteiger charge is -2.12. The van der Waals surface area contributed by atoms with Gasteiger partial charge in [-0.25, -0.2) is 4.79 Å². The topological polar surface area (TPSA) is 78.7 Å². The van der Waals surface area contributed by atoms with E-state index in [9.17, 15) is 4.79 Å². The Balaban J connectivity index is 2.25. The smallest absolute Gasteiger partial charge is 0.360 e. The van der Waals surface area contributed by atoms with E-state index in [1.54, 1.807) is 12.1 Å². The number of carbonyl (C=O) groups excluding carboxylic acids is 1. The lowest BCUT2D eigenvalue weighted by Crippen LogP contribution is -2.19. The second kappa shape index (κ2) is 9.96. The molecule has 0 bridgehead atoms. The minimum absolute atomic E-state index is 0.0797. The first-order chi connectivity index (χ1) is 13.1. The van der Waals surface area contributed by atoms with Gasteiger partial charge in [-0.3, -0.25) is 0 Å². The van der Waals surface area contributed by atoms with Crippen molar-refractivity contribution in [2.24, 2.45) is 10.3 Å². The minimum Gasteiger partial charge on any atom is -0.489 e. The summed E-state index contributed by atoms with van der Waals surface area (Å²) in [5.41, 5.74) is 3.06. The molecule has 0 unspecified atom stereocenters. The van der Waals surface area contributed by atoms with Crippen molar-refractivity contribution in [3.8, 4) is 5.75 Å². The number of ether oxygens (including phenoxy) is 2. The molecule has 2 aromatic carbocycles. The van der Waals surface area contributed by atoms with Crippen molar-refractivity contribution in [3.05, 3.63) is 65.2 Å². The first-order valence-corrected chi connectivity index (χ1v) is 8.19. The van der Waals surface area contributed by atoms with Gasteiger partial charge in [0.05, 0.1) is 12.8 Å². The van der Waals surface area contributed by atoms with Crippen LogP contribution < -0.4 is 4.74 Å². The maximum Gasteiger partial charge on any atom is 0.360 e. The molecule has 0 spiro atoms. The zero-order valence-electron chi connectivity index (χ0n) is 15.8. The molecule has 7 heteroatoms. The van der Waals surface area contributed by atoms with Gasteiger partial charge in [-0.05, 0) is 24.6 Å². The number of benzene rings is 2. The van der Waals surface area contributed by atoms with E-state index in [-0.39, 0.29) is 12.3 Å². The van der Waals surface area contributed by atoms with Gasteiger partial charge >= 0.3 is 5.97 Å². The molecule has 7 nitrogen and oxygen atoms in total. The SMILES string of the molecule is CO/N=C(\C)c1cccc(OCc2ccccc2/C(=N\OC)C(=O)OC)c1. The molecule has 0 aliphatic carbocycles. The molecular formula is C20H22N2O5. The highest BCUT2D eigenvalue weighted by Gasteiger charge is 2.19. The quantitative estimate of drug-likeness (QED) is 0.405. The fourth-order valence-electron chi connectivity index (χ4n) is 2.42. The molecule has 0 aliphatic heterocycles. The first-order valence-electron chi connectivity index (χ1n) is 8.19. The molecule has 0 fully saturated rings. The van der Waals surface area contributed by atoms with E-state index in [1.165, 1.54) is 21.3 Å². The van der Waals surface area contributed by atoms with E-state index in [0.717, 1.165) is 16.8 Å². The molecule has 2 aromatic rings. The predicted octanol–water partition coefficient (Wildman–Crippen LogP) is 3.16. The van der Waals surface area contributed by atoms with Gasteiger partial charge in [0.1, 0.15) is 26.6 Å². The Kier molecular flexibility index (Phi) is 7.37. The van der Waals surface area contributed by atoms with Crippen LogP contribution in [-0.2, 0) is 25.8 Å². The summed E-state index contributed by atoms with van der Waals surface area (Å²) in [5.74, 6) is 0.0777. The summed E-state index contributed by atoms with van der Waals surface area (Å²) in [5, 5.41) is 7.72. The fraction of sp³-hybridized carbons (Fsp3) is 0.250. The monoisotopic (exact) mass is 370 g/mol. The summed E-state index contributed by atoms with van der Waals surface area (Å²) >= 11 is 0. The average Bonchev–Trinajstić information content (AvgIpc) is 2.70. The van der Waals surface area contributed by atoms with E-state index in [1.807, 2.05) is 43.3 Å². The molecule has 0 saturated carbocycles. The third kappa shape index (κ3) is 5.31. The molecule has 142 valence electrons. The highest BCUT2D eigenvalue weighted by atomic mass is 16.6. The average molecular weight is 370 g/mol. The van der Waals surface area contributed by atoms with Gasteiger partial charge in [-0.2, -0.15) is 0 Å². The number of carbonyl (C=O) groups is 1. The summed E-state index contributed by atoms with van der Waals surface area (Å²) < 4.78 is 10.7. The summed E-state index contributed by atoms with van der Waals surface area (Å²) in [6, 6.07) is 14.8. The number of rotatable bonds is 8. The molecule has 0 aliphatic rings. The van der Waals surface area contributed by atoms with Gasteiger partial charge in [0.15, 0.2) is 5.71 Å². The highest BCUT2D eigenvalue weighted by molar-refractivity contribution is 6.43. The highest BCUT2D eigenvalue weighted by Crippen LogP contribution is 2.18. The molecule has 0 amide bonds. The Labute approximate surface area is 158 Å². The van der Waals surface area contributed by atoms with Crippen LogP contribution in [0.4, 0.5) is 0 Å². The summed E-state index contributed by atoms with van der Waals surface area (Å²) in [7, 11) is 4.17. The van der Waals surface area contributed by atoms with E-state index in [2.05, 4.69) is 10.3 Å². The second-order valence-electron chi connectivity index (χ2n) is 5.45. The predicted molar refractivity (Wildman–Crippen MR) is 102 cm³/mol. The van der Waals surface area contributed by atoms with Crippen LogP contribution in [0.2, 0.25) is 0 Å². The van der Waals surface area contributed by atoms with E-state index >= 15 is 0 Å². The zero-order chi connectivity index (χ0) is 19.6. The number of oxime groups is 2. The minimum atomic E-state index is -0.585. The van der Waals surface area contributed by atoms with Crippen LogP contribution in [0.1, 0.15) is 23.6 Å². The van der Waals surface area contributed by atoms with Crippen molar-refractivity contribution in [3.63, 3.8) is 0 Å². The zero-order valence-corrected chi connectivity index (χ0v) is 15.8. The Morgan fingerprint density at radius 3 is 2.41 bits per heavy atom. The molecule has 0 N–H and O–H groups in total. The van der Waals surface area contributed by atoms with E-state index < -0.39 is 5.97 Å². The van der Waals surface area contributed by atoms with E-state index in [0.29, 0.717) is 11.3 Å². The van der Waals surface area contributed by atoms with Gasteiger partial charge < -0.3 is 19.1 Å². The van der Waals surface area contributed by atoms with Crippen molar-refractivity contribution in [1.82, 2.24) is 0 Å². The Morgan fingerprint density at radius 1 is 0.963 bits per heavy atom. The van der Waals surface area contributed by atoms with Crippen LogP contribution in [-0.4, -0.2) is 38.7 Å². The summed E-state index contributed by atoms with van der Waals surface area (Å²) in [6.45, 7) is 2.08. The van der Waals surface area contributed by atoms with Crippen LogP contribution in [0, 0.1) is 0 Å². The van der Waals surface area contributed by atoms with Crippen molar-refractivity contribution < 1.29 is 23.9 Å². The molecule has 27 heavy (non-hydrogen) atoms. The fourth-order valence-corrected chi connectivity index (χ4v) is 2.42. The number of hydrogen-bond acceptors (Lipinski definition) is 7. The Bertz CT molecular complexity index is 846. The molecule has 0 saturated heterocycles. The molecule has 0 aromatic heterocycles. The molecular weight excluding hydrogens is 348 g/mol. The lowest BCUT2D eigenvalue weighted by molar-refractivity contribution is -0.132. The number of methoxy groups -OCH3 is 1. The lowest BCUT2D eigenvalue weighted by atomic mass is 10.0. The molecule has 2 rings (SSSR count). The van der Waals surface area contributed by atoms with Crippen LogP contribution in [0.5, 0.6) is 5.75 Å². The summed E-state index contributed by atoms with van der Waals surface area (Å²) in [6.07, 6.45) is 0. The van der Waals surface area contributed by atoms with Crippen molar-refractivity contribution >= 4 is 17.4 Å². The van der Waals surface area contributed by atoms with Gasteiger partial charge in [-0.1, -0.05) is 46.7 Å². The number of esters is 1. The Hall–Kier alpha value is -3.35. The van der Waals surface area contributed by atoms with Crippen LogP contribution in [0.3, 0.4) is 0 Å². The van der Waals surface area contributed by atoms with Crippen LogP contribution >= 0.6 is 0 Å². The van der Waals surface area contributed by atoms with E-state index in [4.69, 9.17) is 19.1 Å². The third-order valence-corrected chi connectivity index (χ3v) is 3.71. The number of nitrogens with zero attached hydrogens (tertiary/aromatic N) is 2. The normalized spacial score (nSPS) is 11.7. The third-order valence-electron chi connectivity index (χ3n) is 3.71. The second-order valence-corrected chi connectivity index (χ2v) is 5.45. The van der Waals surface area contributed by atoms with Crippen molar-refractivity contribution in [2.75, 3.05) is 21.3 Å². The van der Waals surface area contributed by atoms with Crippen molar-refractivity contribution in [1.29, 1.82) is 0 Å². The van der Waals surface area contributed by atoms with Crippen LogP contribution in [0.25, 0.3) is 0 Å². The standard InChI is InChI=1S/C20H22N2O5/c1-14(21-25-3)15-9-7-10-17(12-15)27-13-16-8-5-6-11-18(16)19(22-26-4)20(23)24-2/h5-12H,13H2,1-4H3/b21-14+,22-19+. The van der Waals surface area contributed by atoms with Gasteiger partial charge in [-0.15, -0.1) is 0 Å². The number of hydrogen-bond donors (Lipinski definition) is 0. The van der Waals surface area contributed by atoms with Crippen molar-refractivity contribution in [2.45, 2.75) is 13.5 Å². The van der Waals surface area contributed by atoms with Gasteiger partial charge in [0.25, 0.3) is 0 Å². The van der Waals surface area contributed by atoms with Gasteiger partial charge in [0.2, 0.25) is 0 Å². The maximum absolute atomic E-state index is 12.0. The molecule has 0 atom stereocenters. The summed E-state index contributed by atoms with van der Waals surface area (Å²) in [4.78, 5) is 21.6. The maximum atomic E-state index is 12.0. The largest absolute Gasteiger partial charge is 0.489 e. The first kappa shape index (κ1) is 20.0.